The molecule has 1 saturated heterocycles. The quantitative estimate of drug-likeness (QED) is 0.310. The summed E-state index contributed by atoms with van der Waals surface area (Å²) in [5.41, 5.74) is 4.24. The van der Waals surface area contributed by atoms with E-state index in [1.165, 1.54) is 12.5 Å². The molecule has 1 saturated carbocycles. The number of likely N-dealkylation sites (tertiary alicyclic amines) is 1. The summed E-state index contributed by atoms with van der Waals surface area (Å²) in [6.07, 6.45) is 2.98. The molecule has 2 fully saturated rings. The molecule has 0 bridgehead atoms. The van der Waals surface area contributed by atoms with E-state index in [1.807, 2.05) is 6.07 Å². The van der Waals surface area contributed by atoms with Crippen LogP contribution >= 0.6 is 0 Å². The molecule has 0 radical (unpaired) electrons. The molecule has 1 heterocycles. The van der Waals surface area contributed by atoms with Gasteiger partial charge >= 0.3 is 0 Å². The van der Waals surface area contributed by atoms with Crippen LogP contribution in [0.5, 0.6) is 5.75 Å². The number of amides is 1. The Morgan fingerprint density at radius 2 is 1.86 bits per heavy atom. The number of rotatable bonds is 8. The number of benzene rings is 1. The molecular formula is C27H37N3O7. The summed E-state index contributed by atoms with van der Waals surface area (Å²) in [6, 6.07) is 2.56. The predicted molar refractivity (Wildman–Crippen MR) is 135 cm³/mol. The lowest BCUT2D eigenvalue weighted by atomic mass is 9.59. The van der Waals surface area contributed by atoms with Gasteiger partial charge < -0.3 is 31.1 Å². The van der Waals surface area contributed by atoms with E-state index in [4.69, 9.17) is 5.73 Å². The third-order valence-electron chi connectivity index (χ3n) is 8.32. The second-order valence-electron chi connectivity index (χ2n) is 10.8. The zero-order valence-corrected chi connectivity index (χ0v) is 21.4. The Bertz CT molecular complexity index is 1130. The highest BCUT2D eigenvalue weighted by atomic mass is 16.3. The number of ketones is 2. The number of phenolic OH excluding ortho intramolecular Hbond substituents is 1. The van der Waals surface area contributed by atoms with Crippen molar-refractivity contribution in [2.24, 2.45) is 17.6 Å². The van der Waals surface area contributed by atoms with Crippen LogP contribution in [-0.2, 0) is 27.3 Å². The number of primary amides is 1. The zero-order valence-electron chi connectivity index (χ0n) is 21.4. The Morgan fingerprint density at radius 3 is 2.46 bits per heavy atom. The van der Waals surface area contributed by atoms with Crippen molar-refractivity contribution in [3.05, 3.63) is 34.4 Å². The van der Waals surface area contributed by atoms with Gasteiger partial charge in [-0.25, -0.2) is 0 Å². The van der Waals surface area contributed by atoms with Gasteiger partial charge in [0.15, 0.2) is 11.4 Å². The number of aromatic hydroxyl groups is 1. The van der Waals surface area contributed by atoms with Crippen molar-refractivity contribution in [1.82, 2.24) is 9.80 Å². The molecule has 1 aromatic rings. The van der Waals surface area contributed by atoms with Gasteiger partial charge in [0.1, 0.15) is 11.5 Å². The van der Waals surface area contributed by atoms with Crippen molar-refractivity contribution in [1.29, 1.82) is 0 Å². The Labute approximate surface area is 216 Å². The maximum atomic E-state index is 13.9. The molecule has 3 aliphatic rings. The molecule has 4 atom stereocenters. The number of piperidine rings is 1. The molecule has 4 rings (SSSR count). The Morgan fingerprint density at radius 1 is 1.19 bits per heavy atom. The second kappa shape index (κ2) is 10.5. The van der Waals surface area contributed by atoms with Crippen LogP contribution in [0.15, 0.2) is 17.7 Å². The van der Waals surface area contributed by atoms with Gasteiger partial charge in [-0.15, -0.1) is 0 Å². The first kappa shape index (κ1) is 27.3. The number of hydrogen-bond donors (Lipinski definition) is 5. The van der Waals surface area contributed by atoms with Gasteiger partial charge in [-0.1, -0.05) is 12.5 Å². The number of phenols is 1. The minimum Gasteiger partial charge on any atom is -0.507 e. The summed E-state index contributed by atoms with van der Waals surface area (Å²) in [6.45, 7) is 2.13. The standard InChI is InChI=1S/C27H37N3O7/c1-29(2)19(14-31)18-11-16-10-17-15(13-30-8-4-3-5-9-30)6-7-20(32)24(17)25(35)23(16)26(36)27(18,37)21(33)12-22(28)34/h6-7,16,18-19,31-32,35,37H,3-5,8-14H2,1-2H3,(H2,28,34)/t16-,18-,19+,27+/m0/s1. The molecule has 6 N–H and O–H groups in total. The van der Waals surface area contributed by atoms with E-state index < -0.39 is 59.7 Å². The molecule has 0 unspecified atom stereocenters. The highest BCUT2D eigenvalue weighted by Crippen LogP contribution is 2.49. The molecule has 0 aromatic heterocycles. The fourth-order valence-corrected chi connectivity index (χ4v) is 6.42. The predicted octanol–water partition coefficient (Wildman–Crippen LogP) is 0.507. The van der Waals surface area contributed by atoms with Gasteiger partial charge in [-0.05, 0) is 76.0 Å². The molecule has 202 valence electrons. The van der Waals surface area contributed by atoms with Gasteiger partial charge in [0.25, 0.3) is 0 Å². The first-order valence-electron chi connectivity index (χ1n) is 12.9. The van der Waals surface area contributed by atoms with E-state index in [2.05, 4.69) is 4.90 Å². The maximum Gasteiger partial charge on any atom is 0.225 e. The number of nitrogens with two attached hydrogens (primary N) is 1. The molecule has 1 amide bonds. The summed E-state index contributed by atoms with van der Waals surface area (Å²) in [4.78, 5) is 42.5. The lowest BCUT2D eigenvalue weighted by Crippen LogP contribution is -2.64. The summed E-state index contributed by atoms with van der Waals surface area (Å²) in [5.74, 6) is -5.31. The Balaban J connectivity index is 1.82. The first-order valence-corrected chi connectivity index (χ1v) is 12.9. The fourth-order valence-electron chi connectivity index (χ4n) is 6.42. The number of aliphatic hydroxyl groups is 3. The molecule has 1 aromatic carbocycles. The van der Waals surface area contributed by atoms with E-state index in [9.17, 15) is 34.8 Å². The minimum atomic E-state index is -2.66. The normalized spacial score (nSPS) is 27.1. The van der Waals surface area contributed by atoms with Crippen LogP contribution < -0.4 is 5.73 Å². The molecule has 2 aliphatic carbocycles. The van der Waals surface area contributed by atoms with Crippen molar-refractivity contribution < 1.29 is 34.8 Å². The van der Waals surface area contributed by atoms with Gasteiger partial charge in [0.2, 0.25) is 11.7 Å². The van der Waals surface area contributed by atoms with Crippen molar-refractivity contribution in [2.75, 3.05) is 33.8 Å². The van der Waals surface area contributed by atoms with Gasteiger partial charge in [0.05, 0.1) is 18.6 Å². The molecule has 10 heteroatoms. The third kappa shape index (κ3) is 4.79. The van der Waals surface area contributed by atoms with E-state index in [0.29, 0.717) is 13.0 Å². The summed E-state index contributed by atoms with van der Waals surface area (Å²) >= 11 is 0. The zero-order chi connectivity index (χ0) is 27.1. The van der Waals surface area contributed by atoms with Crippen LogP contribution in [0.3, 0.4) is 0 Å². The third-order valence-corrected chi connectivity index (χ3v) is 8.32. The Kier molecular flexibility index (Phi) is 7.75. The number of hydrogen-bond acceptors (Lipinski definition) is 9. The lowest BCUT2D eigenvalue weighted by molar-refractivity contribution is -0.163. The van der Waals surface area contributed by atoms with Gasteiger partial charge in [0, 0.05) is 24.1 Å². The van der Waals surface area contributed by atoms with Crippen LogP contribution in [0.25, 0.3) is 5.76 Å². The van der Waals surface area contributed by atoms with Crippen molar-refractivity contribution >= 4 is 23.2 Å². The van der Waals surface area contributed by atoms with E-state index in [0.717, 1.165) is 37.1 Å². The van der Waals surface area contributed by atoms with Crippen molar-refractivity contribution in [2.45, 2.75) is 56.7 Å². The minimum absolute atomic E-state index is 0.105. The fraction of sp³-hybridized carbons (Fsp3) is 0.593. The molecular weight excluding hydrogens is 478 g/mol. The van der Waals surface area contributed by atoms with Crippen LogP contribution in [0.2, 0.25) is 0 Å². The maximum absolute atomic E-state index is 13.9. The van der Waals surface area contributed by atoms with Gasteiger partial charge in [-0.2, -0.15) is 0 Å². The molecule has 1 aliphatic heterocycles. The topological polar surface area (TPSA) is 165 Å². The largest absolute Gasteiger partial charge is 0.507 e. The number of aliphatic hydroxyl groups excluding tert-OH is 2. The van der Waals surface area contributed by atoms with Crippen LogP contribution in [0.1, 0.15) is 48.8 Å². The SMILES string of the molecule is CN(C)[C@H](CO)[C@@H]1C[C@@H]2Cc3c(CN4CCCCC4)ccc(O)c3C(O)=C2C(=O)[C@]1(O)C(=O)CC(N)=O. The van der Waals surface area contributed by atoms with Crippen molar-refractivity contribution in [3.8, 4) is 5.75 Å². The summed E-state index contributed by atoms with van der Waals surface area (Å²) in [7, 11) is 3.33. The van der Waals surface area contributed by atoms with E-state index in [-0.39, 0.29) is 23.3 Å². The van der Waals surface area contributed by atoms with Crippen molar-refractivity contribution in [3.63, 3.8) is 0 Å². The average molecular weight is 516 g/mol. The second-order valence-corrected chi connectivity index (χ2v) is 10.8. The van der Waals surface area contributed by atoms with Crippen LogP contribution in [-0.4, -0.2) is 93.1 Å². The van der Waals surface area contributed by atoms with Gasteiger partial charge in [-0.3, -0.25) is 19.3 Å². The molecule has 10 nitrogen and oxygen atoms in total. The number of carbonyl (C=O) groups is 3. The monoisotopic (exact) mass is 515 g/mol. The molecule has 0 spiro atoms. The molecule has 37 heavy (non-hydrogen) atoms. The number of carbonyl (C=O) groups excluding carboxylic acids is 3. The van der Waals surface area contributed by atoms with Crippen LogP contribution in [0, 0.1) is 11.8 Å². The Hall–Kier alpha value is -2.79. The van der Waals surface area contributed by atoms with E-state index in [1.54, 1.807) is 19.0 Å². The first-order chi connectivity index (χ1) is 17.5. The number of nitrogens with zero attached hydrogens (tertiary/aromatic N) is 2. The summed E-state index contributed by atoms with van der Waals surface area (Å²) < 4.78 is 0. The highest BCUT2D eigenvalue weighted by molar-refractivity contribution is 6.23. The highest BCUT2D eigenvalue weighted by Gasteiger charge is 2.60. The van der Waals surface area contributed by atoms with Crippen LogP contribution in [0.4, 0.5) is 0 Å². The lowest BCUT2D eigenvalue weighted by Gasteiger charge is -2.47. The average Bonchev–Trinajstić information content (AvgIpc) is 2.84. The number of likely N-dealkylation sites (N-methyl/N-ethyl adjacent to an activating group) is 1. The number of fused-ring (bicyclic) bond motifs is 2. The smallest absolute Gasteiger partial charge is 0.225 e. The van der Waals surface area contributed by atoms with E-state index >= 15 is 0 Å². The summed E-state index contributed by atoms with van der Waals surface area (Å²) in [5, 5.41) is 43.8. The number of Topliss-reactive ketones (excluding diaryl/α,β-unsaturated/α-hetero) is 2.